The summed E-state index contributed by atoms with van der Waals surface area (Å²) in [5.74, 6) is 0. The van der Waals surface area contributed by atoms with E-state index in [1.807, 2.05) is 42.5 Å². The van der Waals surface area contributed by atoms with Crippen molar-refractivity contribution in [3.63, 3.8) is 0 Å². The summed E-state index contributed by atoms with van der Waals surface area (Å²) in [7, 11) is 0. The van der Waals surface area contributed by atoms with Crippen LogP contribution in [-0.4, -0.2) is 4.98 Å². The lowest BCUT2D eigenvalue weighted by Crippen LogP contribution is -1.98. The minimum Gasteiger partial charge on any atom is -0.397 e. The predicted octanol–water partition coefficient (Wildman–Crippen LogP) is 2.75. The van der Waals surface area contributed by atoms with Crippen LogP contribution >= 0.6 is 0 Å². The molecule has 1 heterocycles. The van der Waals surface area contributed by atoms with Gasteiger partial charge in [-0.2, -0.15) is 0 Å². The van der Waals surface area contributed by atoms with Crippen LogP contribution < -0.4 is 11.1 Å². The van der Waals surface area contributed by atoms with Gasteiger partial charge in [-0.1, -0.05) is 24.8 Å². The van der Waals surface area contributed by atoms with Crippen LogP contribution in [0.3, 0.4) is 0 Å². The Hall–Kier alpha value is -2.29. The topological polar surface area (TPSA) is 50.9 Å². The van der Waals surface area contributed by atoms with Gasteiger partial charge in [0.05, 0.1) is 23.3 Å². The second-order valence-corrected chi connectivity index (χ2v) is 3.45. The largest absolute Gasteiger partial charge is 0.397 e. The number of anilines is 2. The summed E-state index contributed by atoms with van der Waals surface area (Å²) >= 11 is 0. The van der Waals surface area contributed by atoms with Crippen molar-refractivity contribution < 1.29 is 0 Å². The van der Waals surface area contributed by atoms with Gasteiger partial charge in [0.1, 0.15) is 0 Å². The fourth-order valence-electron chi connectivity index (χ4n) is 1.35. The Morgan fingerprint density at radius 1 is 1.06 bits per heavy atom. The molecule has 0 unspecified atom stereocenters. The summed E-state index contributed by atoms with van der Waals surface area (Å²) in [6.07, 6.45) is 1.74. The highest BCUT2D eigenvalue weighted by Crippen LogP contribution is 2.15. The fourth-order valence-corrected chi connectivity index (χ4v) is 1.35. The summed E-state index contributed by atoms with van der Waals surface area (Å²) in [5.41, 5.74) is 8.68. The number of hydrogen-bond donors (Lipinski definition) is 2. The normalized spacial score (nSPS) is 9.75. The molecule has 0 aliphatic carbocycles. The lowest BCUT2D eigenvalue weighted by atomic mass is 10.2. The van der Waals surface area contributed by atoms with Crippen molar-refractivity contribution in [3.05, 3.63) is 60.9 Å². The molecule has 0 spiro atoms. The van der Waals surface area contributed by atoms with Gasteiger partial charge in [0.15, 0.2) is 0 Å². The maximum Gasteiger partial charge on any atom is 0.0854 e. The molecule has 80 valence electrons. The molecule has 3 heteroatoms. The van der Waals surface area contributed by atoms with Gasteiger partial charge in [-0.25, -0.2) is 0 Å². The molecule has 0 aliphatic rings. The highest BCUT2D eigenvalue weighted by Gasteiger charge is 1.97. The molecule has 0 saturated carbocycles. The first-order valence-electron chi connectivity index (χ1n) is 4.98. The van der Waals surface area contributed by atoms with E-state index in [0.29, 0.717) is 11.4 Å². The molecule has 0 radical (unpaired) electrons. The number of nitrogens with one attached hydrogen (secondary N) is 1. The average molecular weight is 211 g/mol. The summed E-state index contributed by atoms with van der Waals surface area (Å²) in [5, 5.41) is 3.24. The van der Waals surface area contributed by atoms with Gasteiger partial charge < -0.3 is 11.1 Å². The Morgan fingerprint density at radius 2 is 1.81 bits per heavy atom. The molecule has 0 aliphatic heterocycles. The molecular weight excluding hydrogens is 198 g/mol. The van der Waals surface area contributed by atoms with E-state index in [0.717, 1.165) is 11.4 Å². The maximum absolute atomic E-state index is 5.54. The molecule has 0 fully saturated rings. The number of aromatic nitrogens is 1. The monoisotopic (exact) mass is 211 g/mol. The third kappa shape index (κ3) is 2.39. The smallest absolute Gasteiger partial charge is 0.0854 e. The molecule has 1 aromatic carbocycles. The summed E-state index contributed by atoms with van der Waals surface area (Å²) in [4.78, 5) is 4.19. The van der Waals surface area contributed by atoms with Crippen molar-refractivity contribution in [3.8, 4) is 0 Å². The number of pyridine rings is 1. The Kier molecular flexibility index (Phi) is 2.87. The molecule has 0 amide bonds. The van der Waals surface area contributed by atoms with E-state index in [1.165, 1.54) is 0 Å². The van der Waals surface area contributed by atoms with Gasteiger partial charge in [-0.05, 0) is 24.3 Å². The zero-order chi connectivity index (χ0) is 11.4. The van der Waals surface area contributed by atoms with Crippen molar-refractivity contribution in [2.75, 3.05) is 5.32 Å². The van der Waals surface area contributed by atoms with Crippen LogP contribution in [0.2, 0.25) is 0 Å². The molecule has 16 heavy (non-hydrogen) atoms. The van der Waals surface area contributed by atoms with E-state index in [1.54, 1.807) is 6.20 Å². The van der Waals surface area contributed by atoms with E-state index in [4.69, 9.17) is 5.73 Å². The maximum atomic E-state index is 5.54. The van der Waals surface area contributed by atoms with Crippen LogP contribution in [0.4, 0.5) is 11.4 Å². The summed E-state index contributed by atoms with van der Waals surface area (Å²) in [6.45, 7) is 3.63. The molecule has 2 rings (SSSR count). The van der Waals surface area contributed by atoms with Crippen LogP contribution in [0.15, 0.2) is 55.2 Å². The molecule has 0 bridgehead atoms. The Morgan fingerprint density at radius 3 is 2.38 bits per heavy atom. The van der Waals surface area contributed by atoms with E-state index < -0.39 is 0 Å². The molecule has 0 saturated heterocycles. The molecule has 2 aromatic rings. The lowest BCUT2D eigenvalue weighted by molar-refractivity contribution is 1.26. The second-order valence-electron chi connectivity index (χ2n) is 3.45. The minimum atomic E-state index is 0.478. The number of benzene rings is 1. The molecule has 1 aromatic heterocycles. The van der Waals surface area contributed by atoms with Gasteiger partial charge in [0, 0.05) is 5.69 Å². The zero-order valence-corrected chi connectivity index (χ0v) is 8.85. The van der Waals surface area contributed by atoms with E-state index in [2.05, 4.69) is 16.9 Å². The first-order chi connectivity index (χ1) is 7.75. The van der Waals surface area contributed by atoms with E-state index >= 15 is 0 Å². The van der Waals surface area contributed by atoms with Crippen LogP contribution in [0.1, 0.15) is 5.69 Å². The fraction of sp³-hybridized carbons (Fsp3) is 0. The van der Waals surface area contributed by atoms with E-state index in [-0.39, 0.29) is 0 Å². The van der Waals surface area contributed by atoms with Crippen LogP contribution in [0.5, 0.6) is 0 Å². The number of nitrogens with zero attached hydrogens (tertiary/aromatic N) is 1. The van der Waals surface area contributed by atoms with Gasteiger partial charge in [-0.15, -0.1) is 0 Å². The SMILES string of the molecule is C=C(N)c1ccc(Nc2ccccc2)cn1. The van der Waals surface area contributed by atoms with Crippen molar-refractivity contribution in [1.82, 2.24) is 4.98 Å². The highest BCUT2D eigenvalue weighted by atomic mass is 14.9. The highest BCUT2D eigenvalue weighted by molar-refractivity contribution is 5.62. The average Bonchev–Trinajstić information content (AvgIpc) is 2.31. The Balaban J connectivity index is 2.14. The van der Waals surface area contributed by atoms with Crippen molar-refractivity contribution in [1.29, 1.82) is 0 Å². The third-order valence-corrected chi connectivity index (χ3v) is 2.15. The molecule has 0 atom stereocenters. The number of rotatable bonds is 3. The van der Waals surface area contributed by atoms with Gasteiger partial charge in [0.2, 0.25) is 0 Å². The van der Waals surface area contributed by atoms with Crippen molar-refractivity contribution >= 4 is 17.1 Å². The predicted molar refractivity (Wildman–Crippen MR) is 67.2 cm³/mol. The minimum absolute atomic E-state index is 0.478. The first-order valence-corrected chi connectivity index (χ1v) is 4.98. The lowest BCUT2D eigenvalue weighted by Gasteiger charge is -2.06. The van der Waals surface area contributed by atoms with Crippen LogP contribution in [0.25, 0.3) is 5.70 Å². The Labute approximate surface area is 94.6 Å². The van der Waals surface area contributed by atoms with Gasteiger partial charge >= 0.3 is 0 Å². The van der Waals surface area contributed by atoms with E-state index in [9.17, 15) is 0 Å². The zero-order valence-electron chi connectivity index (χ0n) is 8.85. The standard InChI is InChI=1S/C13H13N3/c1-10(14)13-8-7-12(9-15-13)16-11-5-3-2-4-6-11/h2-9,16H,1,14H2. The van der Waals surface area contributed by atoms with Crippen molar-refractivity contribution in [2.24, 2.45) is 5.73 Å². The number of hydrogen-bond acceptors (Lipinski definition) is 3. The summed E-state index contributed by atoms with van der Waals surface area (Å²) < 4.78 is 0. The Bertz CT molecular complexity index is 474. The first kappa shape index (κ1) is 10.2. The molecule has 3 N–H and O–H groups in total. The molecule has 3 nitrogen and oxygen atoms in total. The second kappa shape index (κ2) is 4.49. The summed E-state index contributed by atoms with van der Waals surface area (Å²) in [6, 6.07) is 13.7. The van der Waals surface area contributed by atoms with Crippen LogP contribution in [-0.2, 0) is 0 Å². The number of nitrogens with two attached hydrogens (primary N) is 1. The third-order valence-electron chi connectivity index (χ3n) is 2.15. The van der Waals surface area contributed by atoms with Crippen LogP contribution in [0, 0.1) is 0 Å². The van der Waals surface area contributed by atoms with Gasteiger partial charge in [0.25, 0.3) is 0 Å². The molecular formula is C13H13N3. The number of para-hydroxylation sites is 1. The van der Waals surface area contributed by atoms with Gasteiger partial charge in [-0.3, -0.25) is 4.98 Å². The van der Waals surface area contributed by atoms with Crippen molar-refractivity contribution in [2.45, 2.75) is 0 Å². The quantitative estimate of drug-likeness (QED) is 0.820.